The van der Waals surface area contributed by atoms with Gasteiger partial charge in [0, 0.05) is 10.0 Å². The molecule has 138 valence electrons. The van der Waals surface area contributed by atoms with Crippen LogP contribution in [0, 0.1) is 12.7 Å². The van der Waals surface area contributed by atoms with Crippen LogP contribution in [-0.2, 0) is 0 Å². The quantitative estimate of drug-likeness (QED) is 0.462. The maximum absolute atomic E-state index is 14.4. The molecule has 0 saturated carbocycles. The van der Waals surface area contributed by atoms with E-state index in [2.05, 4.69) is 36.5 Å². The van der Waals surface area contributed by atoms with Crippen molar-refractivity contribution in [3.05, 3.63) is 51.0 Å². The van der Waals surface area contributed by atoms with Crippen molar-refractivity contribution < 1.29 is 13.2 Å². The first kappa shape index (κ1) is 19.0. The van der Waals surface area contributed by atoms with Gasteiger partial charge < -0.3 is 10.6 Å². The molecular weight excluding hydrogens is 433 g/mol. The number of hydrogen-bond acceptors (Lipinski definition) is 4. The number of hydrogen-bond donors (Lipinski definition) is 2. The normalized spacial score (nSPS) is 17.4. The molecule has 0 saturated heterocycles. The predicted octanol–water partition coefficient (Wildman–Crippen LogP) is 5.76. The summed E-state index contributed by atoms with van der Waals surface area (Å²) in [6, 6.07) is 3.37. The largest absolute Gasteiger partial charge is 0.363 e. The molecule has 0 bridgehead atoms. The highest BCUT2D eigenvalue weighted by atomic mass is 79.9. The van der Waals surface area contributed by atoms with Crippen molar-refractivity contribution in [3.8, 4) is 0 Å². The number of halogens is 5. The van der Waals surface area contributed by atoms with Crippen LogP contribution in [0.15, 0.2) is 22.7 Å². The Morgan fingerprint density at radius 2 is 1.96 bits per heavy atom. The van der Waals surface area contributed by atoms with E-state index < -0.39 is 29.3 Å². The van der Waals surface area contributed by atoms with Gasteiger partial charge in [-0.3, -0.25) is 0 Å². The zero-order valence-corrected chi connectivity index (χ0v) is 16.2. The molecule has 9 heteroatoms. The minimum Gasteiger partial charge on any atom is -0.363 e. The lowest BCUT2D eigenvalue weighted by Crippen LogP contribution is -2.21. The molecule has 0 fully saturated rings. The molecule has 1 aromatic heterocycles. The molecule has 2 heterocycles. The Balaban J connectivity index is 1.97. The van der Waals surface area contributed by atoms with E-state index in [0.717, 1.165) is 6.07 Å². The van der Waals surface area contributed by atoms with Crippen molar-refractivity contribution >= 4 is 45.2 Å². The summed E-state index contributed by atoms with van der Waals surface area (Å²) in [5, 5.41) is 6.11. The smallest absolute Gasteiger partial charge is 0.266 e. The average molecular weight is 448 g/mol. The van der Waals surface area contributed by atoms with Crippen LogP contribution >= 0.6 is 27.5 Å². The molecule has 1 aliphatic heterocycles. The van der Waals surface area contributed by atoms with Crippen LogP contribution in [0.1, 0.15) is 41.9 Å². The van der Waals surface area contributed by atoms with Gasteiger partial charge in [0.25, 0.3) is 6.43 Å². The van der Waals surface area contributed by atoms with Gasteiger partial charge in [0.05, 0.1) is 17.2 Å². The zero-order valence-electron chi connectivity index (χ0n) is 13.8. The first-order valence-electron chi connectivity index (χ1n) is 7.77. The van der Waals surface area contributed by atoms with Crippen LogP contribution in [0.4, 0.5) is 24.8 Å². The highest BCUT2D eigenvalue weighted by molar-refractivity contribution is 9.12. The number of anilines is 2. The molecule has 2 atom stereocenters. The molecule has 0 radical (unpaired) electrons. The second-order valence-electron chi connectivity index (χ2n) is 5.83. The second kappa shape index (κ2) is 7.44. The summed E-state index contributed by atoms with van der Waals surface area (Å²) in [6.45, 7) is 3.39. The summed E-state index contributed by atoms with van der Waals surface area (Å²) < 4.78 is 41.0. The van der Waals surface area contributed by atoms with Crippen LogP contribution in [-0.4, -0.2) is 15.5 Å². The number of benzene rings is 1. The summed E-state index contributed by atoms with van der Waals surface area (Å²) in [5.41, 5.74) is -0.292. The lowest BCUT2D eigenvalue weighted by Gasteiger charge is -2.24. The van der Waals surface area contributed by atoms with E-state index in [4.69, 9.17) is 11.6 Å². The van der Waals surface area contributed by atoms with Gasteiger partial charge in [-0.2, -0.15) is 0 Å². The molecule has 4 nitrogen and oxygen atoms in total. The highest BCUT2D eigenvalue weighted by Gasteiger charge is 2.24. The molecule has 1 aliphatic rings. The Kier molecular flexibility index (Phi) is 5.43. The molecular formula is C17H15BrClF3N4. The van der Waals surface area contributed by atoms with Gasteiger partial charge >= 0.3 is 0 Å². The first-order valence-corrected chi connectivity index (χ1v) is 9.00. The maximum Gasteiger partial charge on any atom is 0.266 e. The van der Waals surface area contributed by atoms with E-state index >= 15 is 0 Å². The standard InChI is InChI=1S/C17H15BrClF3N4/c1-7(9-4-3-5-10(13(9)20)15(21)22)23-16-11-6-12(18)14(19)26-17(11)25-8(2)24-16/h3-7,14-15H,1-2H3,(H2,23,24,25,26)/t7-,14?/m1/s1. The van der Waals surface area contributed by atoms with E-state index in [9.17, 15) is 13.2 Å². The van der Waals surface area contributed by atoms with Crippen molar-refractivity contribution in [2.45, 2.75) is 31.8 Å². The van der Waals surface area contributed by atoms with Crippen LogP contribution in [0.3, 0.4) is 0 Å². The fourth-order valence-corrected chi connectivity index (χ4v) is 3.20. The Morgan fingerprint density at radius 1 is 1.27 bits per heavy atom. The molecule has 0 spiro atoms. The van der Waals surface area contributed by atoms with Gasteiger partial charge in [-0.25, -0.2) is 23.1 Å². The van der Waals surface area contributed by atoms with Gasteiger partial charge in [-0.15, -0.1) is 0 Å². The molecule has 3 rings (SSSR count). The summed E-state index contributed by atoms with van der Waals surface area (Å²) >= 11 is 9.51. The Labute approximate surface area is 162 Å². The van der Waals surface area contributed by atoms with Crippen molar-refractivity contribution in [1.29, 1.82) is 0 Å². The van der Waals surface area contributed by atoms with Crippen LogP contribution in [0.25, 0.3) is 6.08 Å². The molecule has 2 aromatic rings. The molecule has 0 aliphatic carbocycles. The number of nitrogens with zero attached hydrogens (tertiary/aromatic N) is 2. The van der Waals surface area contributed by atoms with Crippen molar-refractivity contribution in [2.75, 3.05) is 10.6 Å². The number of aryl methyl sites for hydroxylation is 1. The van der Waals surface area contributed by atoms with Crippen molar-refractivity contribution in [1.82, 2.24) is 9.97 Å². The second-order valence-corrected chi connectivity index (χ2v) is 7.19. The topological polar surface area (TPSA) is 49.8 Å². The first-order chi connectivity index (χ1) is 12.3. The van der Waals surface area contributed by atoms with Crippen LogP contribution in [0.2, 0.25) is 0 Å². The number of alkyl halides is 3. The average Bonchev–Trinajstić information content (AvgIpc) is 2.56. The van der Waals surface area contributed by atoms with Gasteiger partial charge in [0.2, 0.25) is 0 Å². The minimum atomic E-state index is -2.88. The van der Waals surface area contributed by atoms with Gasteiger partial charge in [0.15, 0.2) is 0 Å². The molecule has 0 amide bonds. The molecule has 2 N–H and O–H groups in total. The van der Waals surface area contributed by atoms with E-state index in [1.807, 2.05) is 0 Å². The van der Waals surface area contributed by atoms with E-state index in [0.29, 0.717) is 27.5 Å². The van der Waals surface area contributed by atoms with E-state index in [1.54, 1.807) is 19.9 Å². The molecule has 1 aromatic carbocycles. The third kappa shape index (κ3) is 3.66. The molecule has 26 heavy (non-hydrogen) atoms. The highest BCUT2D eigenvalue weighted by Crippen LogP contribution is 2.36. The minimum absolute atomic E-state index is 0.134. The van der Waals surface area contributed by atoms with Gasteiger partial charge in [-0.05, 0) is 19.9 Å². The third-order valence-electron chi connectivity index (χ3n) is 3.96. The summed E-state index contributed by atoms with van der Waals surface area (Å²) in [7, 11) is 0. The maximum atomic E-state index is 14.4. The van der Waals surface area contributed by atoms with Crippen molar-refractivity contribution in [2.24, 2.45) is 0 Å². The monoisotopic (exact) mass is 446 g/mol. The predicted molar refractivity (Wildman–Crippen MR) is 100 cm³/mol. The SMILES string of the molecule is Cc1nc2c(c(N[C@H](C)c3cccc(C(F)F)c3F)n1)C=C(Br)C(Cl)N2. The Hall–Kier alpha value is -1.80. The Bertz CT molecular complexity index is 875. The van der Waals surface area contributed by atoms with Gasteiger partial charge in [-0.1, -0.05) is 45.7 Å². The lowest BCUT2D eigenvalue weighted by atomic mass is 10.0. The van der Waals surface area contributed by atoms with Crippen molar-refractivity contribution in [3.63, 3.8) is 0 Å². The number of fused-ring (bicyclic) bond motifs is 1. The zero-order chi connectivity index (χ0) is 19.0. The fraction of sp³-hybridized carbons (Fsp3) is 0.294. The third-order valence-corrected chi connectivity index (χ3v) is 5.25. The summed E-state index contributed by atoms with van der Waals surface area (Å²) in [6.07, 6.45) is -1.11. The Morgan fingerprint density at radius 3 is 2.65 bits per heavy atom. The fourth-order valence-electron chi connectivity index (χ4n) is 2.69. The molecule has 1 unspecified atom stereocenters. The number of aromatic nitrogens is 2. The van der Waals surface area contributed by atoms with E-state index in [-0.39, 0.29) is 5.56 Å². The lowest BCUT2D eigenvalue weighted by molar-refractivity contribution is 0.146. The summed E-state index contributed by atoms with van der Waals surface area (Å²) in [5.74, 6) is 0.563. The summed E-state index contributed by atoms with van der Waals surface area (Å²) in [4.78, 5) is 8.67. The number of nitrogens with one attached hydrogen (secondary N) is 2. The van der Waals surface area contributed by atoms with Crippen LogP contribution in [0.5, 0.6) is 0 Å². The van der Waals surface area contributed by atoms with Crippen LogP contribution < -0.4 is 10.6 Å². The van der Waals surface area contributed by atoms with E-state index in [1.165, 1.54) is 12.1 Å². The number of rotatable bonds is 4. The van der Waals surface area contributed by atoms with Gasteiger partial charge in [0.1, 0.15) is 28.8 Å².